The molecule has 0 aromatic heterocycles. The Labute approximate surface area is 190 Å². The van der Waals surface area contributed by atoms with E-state index in [0.29, 0.717) is 11.4 Å². The molecule has 1 N–H and O–H groups in total. The van der Waals surface area contributed by atoms with E-state index >= 15 is 0 Å². The molecule has 1 aliphatic rings. The van der Waals surface area contributed by atoms with Gasteiger partial charge in [0.1, 0.15) is 5.75 Å². The van der Waals surface area contributed by atoms with E-state index in [4.69, 9.17) is 14.2 Å². The lowest BCUT2D eigenvalue weighted by atomic mass is 10.2. The zero-order valence-electron chi connectivity index (χ0n) is 17.3. The molecule has 1 amide bonds. The molecule has 31 heavy (non-hydrogen) atoms. The van der Waals surface area contributed by atoms with Gasteiger partial charge in [-0.3, -0.25) is 9.69 Å². The van der Waals surface area contributed by atoms with E-state index < -0.39 is 11.9 Å². The lowest BCUT2D eigenvalue weighted by Crippen LogP contribution is -2.35. The van der Waals surface area contributed by atoms with Gasteiger partial charge in [-0.1, -0.05) is 28.1 Å². The zero-order valence-corrected chi connectivity index (χ0v) is 18.9. The van der Waals surface area contributed by atoms with Crippen molar-refractivity contribution < 1.29 is 23.8 Å². The number of halogens is 1. The summed E-state index contributed by atoms with van der Waals surface area (Å²) in [6.45, 7) is 3.86. The van der Waals surface area contributed by atoms with E-state index in [1.807, 2.05) is 36.4 Å². The number of nitrogens with one attached hydrogen (secondary N) is 1. The molecule has 3 rings (SSSR count). The van der Waals surface area contributed by atoms with Gasteiger partial charge in [0.15, 0.2) is 6.61 Å². The average Bonchev–Trinajstić information content (AvgIpc) is 2.78. The number of esters is 1. The number of methoxy groups -OCH3 is 1. The summed E-state index contributed by atoms with van der Waals surface area (Å²) in [7, 11) is 1.55. The van der Waals surface area contributed by atoms with Crippen LogP contribution in [0.5, 0.6) is 5.75 Å². The fourth-order valence-corrected chi connectivity index (χ4v) is 3.46. The molecule has 0 radical (unpaired) electrons. The molecule has 8 heteroatoms. The number of hydrogen-bond acceptors (Lipinski definition) is 6. The first kappa shape index (κ1) is 23.0. The quantitative estimate of drug-likeness (QED) is 0.452. The summed E-state index contributed by atoms with van der Waals surface area (Å²) in [6, 6.07) is 13.1. The summed E-state index contributed by atoms with van der Waals surface area (Å²) in [5.41, 5.74) is 2.54. The van der Waals surface area contributed by atoms with Crippen molar-refractivity contribution in [2.45, 2.75) is 6.54 Å². The zero-order chi connectivity index (χ0) is 22.1. The Bertz CT molecular complexity index is 924. The largest absolute Gasteiger partial charge is 0.496 e. The topological polar surface area (TPSA) is 77.1 Å². The maximum atomic E-state index is 12.1. The molecular formula is C23H25BrN2O5. The number of hydrogen-bond donors (Lipinski definition) is 1. The van der Waals surface area contributed by atoms with Crippen molar-refractivity contribution in [3.05, 3.63) is 64.1 Å². The van der Waals surface area contributed by atoms with Crippen molar-refractivity contribution in [1.82, 2.24) is 4.90 Å². The monoisotopic (exact) mass is 488 g/mol. The molecule has 0 saturated carbocycles. The maximum Gasteiger partial charge on any atom is 0.331 e. The van der Waals surface area contributed by atoms with Crippen molar-refractivity contribution in [2.75, 3.05) is 45.3 Å². The second kappa shape index (κ2) is 11.6. The van der Waals surface area contributed by atoms with E-state index in [1.54, 1.807) is 19.3 Å². The van der Waals surface area contributed by atoms with Crippen molar-refractivity contribution in [3.63, 3.8) is 0 Å². The number of morpholine rings is 1. The number of ether oxygens (including phenoxy) is 3. The molecule has 2 aromatic rings. The van der Waals surface area contributed by atoms with Gasteiger partial charge in [0, 0.05) is 41.4 Å². The maximum absolute atomic E-state index is 12.1. The summed E-state index contributed by atoms with van der Waals surface area (Å²) in [5, 5.41) is 2.73. The molecule has 7 nitrogen and oxygen atoms in total. The molecule has 2 aromatic carbocycles. The molecule has 0 atom stereocenters. The summed E-state index contributed by atoms with van der Waals surface area (Å²) >= 11 is 3.38. The van der Waals surface area contributed by atoms with Crippen molar-refractivity contribution in [1.29, 1.82) is 0 Å². The van der Waals surface area contributed by atoms with E-state index in [9.17, 15) is 9.59 Å². The SMILES string of the molecule is COc1ccc(Br)cc1/C=C/C(=O)OCC(=O)Nc1ccc(CN2CCOCC2)cc1. The first-order valence-electron chi connectivity index (χ1n) is 9.91. The van der Waals surface area contributed by atoms with Gasteiger partial charge in [-0.15, -0.1) is 0 Å². The lowest BCUT2D eigenvalue weighted by molar-refractivity contribution is -0.142. The Morgan fingerprint density at radius 3 is 2.61 bits per heavy atom. The van der Waals surface area contributed by atoms with Crippen LogP contribution in [0.2, 0.25) is 0 Å². The average molecular weight is 489 g/mol. The highest BCUT2D eigenvalue weighted by molar-refractivity contribution is 9.10. The summed E-state index contributed by atoms with van der Waals surface area (Å²) in [6.07, 6.45) is 2.84. The Kier molecular flexibility index (Phi) is 8.63. The van der Waals surface area contributed by atoms with Crippen LogP contribution in [0, 0.1) is 0 Å². The third-order valence-electron chi connectivity index (χ3n) is 4.68. The van der Waals surface area contributed by atoms with Gasteiger partial charge in [-0.25, -0.2) is 4.79 Å². The first-order chi connectivity index (χ1) is 15.0. The van der Waals surface area contributed by atoms with Crippen LogP contribution in [-0.2, 0) is 25.6 Å². The summed E-state index contributed by atoms with van der Waals surface area (Å²) < 4.78 is 16.5. The van der Waals surface area contributed by atoms with Crippen molar-refractivity contribution in [3.8, 4) is 5.75 Å². The minimum absolute atomic E-state index is 0.367. The van der Waals surface area contributed by atoms with E-state index in [1.165, 1.54) is 11.6 Å². The number of carbonyl (C=O) groups excluding carboxylic acids is 2. The minimum atomic E-state index is -0.613. The molecule has 0 spiro atoms. The standard InChI is InChI=1S/C23H25BrN2O5/c1-29-21-8-5-19(24)14-18(21)4-9-23(28)31-16-22(27)25-20-6-2-17(3-7-20)15-26-10-12-30-13-11-26/h2-9,14H,10-13,15-16H2,1H3,(H,25,27)/b9-4+. The predicted molar refractivity (Wildman–Crippen MR) is 122 cm³/mol. The third kappa shape index (κ3) is 7.50. The van der Waals surface area contributed by atoms with Crippen LogP contribution in [0.4, 0.5) is 5.69 Å². The smallest absolute Gasteiger partial charge is 0.331 e. The normalized spacial score (nSPS) is 14.4. The lowest BCUT2D eigenvalue weighted by Gasteiger charge is -2.26. The van der Waals surface area contributed by atoms with Gasteiger partial charge in [0.2, 0.25) is 0 Å². The molecule has 1 fully saturated rings. The molecule has 1 saturated heterocycles. The summed E-state index contributed by atoms with van der Waals surface area (Å²) in [4.78, 5) is 26.3. The van der Waals surface area contributed by atoms with Crippen molar-refractivity contribution >= 4 is 39.6 Å². The first-order valence-corrected chi connectivity index (χ1v) is 10.7. The molecule has 0 bridgehead atoms. The Hall–Kier alpha value is -2.68. The number of nitrogens with zero attached hydrogens (tertiary/aromatic N) is 1. The van der Waals surface area contributed by atoms with Gasteiger partial charge >= 0.3 is 5.97 Å². The molecule has 164 valence electrons. The second-order valence-corrected chi connectivity index (χ2v) is 7.88. The van der Waals surface area contributed by atoms with Crippen LogP contribution < -0.4 is 10.1 Å². The fraction of sp³-hybridized carbons (Fsp3) is 0.304. The van der Waals surface area contributed by atoms with Gasteiger partial charge in [-0.2, -0.15) is 0 Å². The van der Waals surface area contributed by atoms with Crippen LogP contribution in [0.3, 0.4) is 0 Å². The molecular weight excluding hydrogens is 464 g/mol. The fourth-order valence-electron chi connectivity index (χ4n) is 3.09. The van der Waals surface area contributed by atoms with Gasteiger partial charge < -0.3 is 19.5 Å². The second-order valence-electron chi connectivity index (χ2n) is 6.96. The summed E-state index contributed by atoms with van der Waals surface area (Å²) in [5.74, 6) is -0.386. The molecule has 1 aliphatic heterocycles. The predicted octanol–water partition coefficient (Wildman–Crippen LogP) is 3.49. The van der Waals surface area contributed by atoms with Crippen LogP contribution in [0.1, 0.15) is 11.1 Å². The Balaban J connectivity index is 1.44. The third-order valence-corrected chi connectivity index (χ3v) is 5.18. The molecule has 0 unspecified atom stereocenters. The van der Waals surface area contributed by atoms with Gasteiger partial charge in [0.25, 0.3) is 5.91 Å². The highest BCUT2D eigenvalue weighted by atomic mass is 79.9. The number of rotatable bonds is 8. The molecule has 1 heterocycles. The molecule has 0 aliphatic carbocycles. The Morgan fingerprint density at radius 2 is 1.90 bits per heavy atom. The van der Waals surface area contributed by atoms with E-state index in [2.05, 4.69) is 26.1 Å². The van der Waals surface area contributed by atoms with Crippen molar-refractivity contribution in [2.24, 2.45) is 0 Å². The number of amides is 1. The van der Waals surface area contributed by atoms with Crippen LogP contribution >= 0.6 is 15.9 Å². The van der Waals surface area contributed by atoms with Crippen LogP contribution in [-0.4, -0.2) is 56.8 Å². The van der Waals surface area contributed by atoms with E-state index in [0.717, 1.165) is 42.9 Å². The highest BCUT2D eigenvalue weighted by Crippen LogP contribution is 2.24. The van der Waals surface area contributed by atoms with Gasteiger partial charge in [0.05, 0.1) is 20.3 Å². The highest BCUT2D eigenvalue weighted by Gasteiger charge is 2.11. The van der Waals surface area contributed by atoms with Gasteiger partial charge in [-0.05, 0) is 42.0 Å². The minimum Gasteiger partial charge on any atom is -0.496 e. The number of anilines is 1. The van der Waals surface area contributed by atoms with Crippen LogP contribution in [0.25, 0.3) is 6.08 Å². The Morgan fingerprint density at radius 1 is 1.16 bits per heavy atom. The number of carbonyl (C=O) groups is 2. The van der Waals surface area contributed by atoms with E-state index in [-0.39, 0.29) is 6.61 Å². The van der Waals surface area contributed by atoms with Crippen LogP contribution in [0.15, 0.2) is 53.0 Å². The number of benzene rings is 2.